The number of aromatic nitrogens is 2. The van der Waals surface area contributed by atoms with Crippen LogP contribution in [0.25, 0.3) is 0 Å². The molecule has 0 radical (unpaired) electrons. The molecular formula is C26H32N6O4. The highest BCUT2D eigenvalue weighted by Crippen LogP contribution is 2.11. The van der Waals surface area contributed by atoms with E-state index in [0.29, 0.717) is 19.4 Å². The van der Waals surface area contributed by atoms with E-state index in [0.717, 1.165) is 11.1 Å². The highest BCUT2D eigenvalue weighted by Gasteiger charge is 2.27. The predicted molar refractivity (Wildman–Crippen MR) is 134 cm³/mol. The minimum Gasteiger partial charge on any atom is -0.508 e. The molecule has 0 spiro atoms. The van der Waals surface area contributed by atoms with Crippen molar-refractivity contribution in [3.63, 3.8) is 0 Å². The van der Waals surface area contributed by atoms with Gasteiger partial charge in [-0.25, -0.2) is 4.98 Å². The third-order valence-electron chi connectivity index (χ3n) is 5.77. The first-order chi connectivity index (χ1) is 17.3. The molecule has 3 atom stereocenters. The van der Waals surface area contributed by atoms with E-state index in [9.17, 15) is 19.5 Å². The van der Waals surface area contributed by atoms with Crippen molar-refractivity contribution in [2.75, 3.05) is 0 Å². The van der Waals surface area contributed by atoms with Crippen LogP contribution in [0.5, 0.6) is 5.75 Å². The molecule has 0 saturated heterocycles. The van der Waals surface area contributed by atoms with Crippen LogP contribution in [0.1, 0.15) is 24.0 Å². The Balaban J connectivity index is 1.66. The Kier molecular flexibility index (Phi) is 9.58. The number of phenolic OH excluding ortho intramolecular Hbond substituents is 1. The lowest BCUT2D eigenvalue weighted by Gasteiger charge is -2.23. The van der Waals surface area contributed by atoms with Gasteiger partial charge in [-0.2, -0.15) is 0 Å². The SMILES string of the molecule is NC(=O)[C@H](Cc1ccccc1)NC(=O)[C@@H](CCCn1ccnc1)NC(=O)[C@@H](N)Cc1ccc(O)cc1. The average molecular weight is 493 g/mol. The first-order valence-electron chi connectivity index (χ1n) is 11.7. The third-order valence-corrected chi connectivity index (χ3v) is 5.77. The number of amides is 3. The van der Waals surface area contributed by atoms with Crippen molar-refractivity contribution in [2.24, 2.45) is 11.5 Å². The summed E-state index contributed by atoms with van der Waals surface area (Å²) >= 11 is 0. The monoisotopic (exact) mass is 492 g/mol. The summed E-state index contributed by atoms with van der Waals surface area (Å²) in [6.07, 6.45) is 6.50. The van der Waals surface area contributed by atoms with Gasteiger partial charge < -0.3 is 31.8 Å². The van der Waals surface area contributed by atoms with Crippen molar-refractivity contribution in [2.45, 2.75) is 50.4 Å². The van der Waals surface area contributed by atoms with E-state index in [1.54, 1.807) is 24.7 Å². The van der Waals surface area contributed by atoms with Crippen LogP contribution in [0.3, 0.4) is 0 Å². The van der Waals surface area contributed by atoms with Crippen LogP contribution in [0.2, 0.25) is 0 Å². The van der Waals surface area contributed by atoms with Crippen molar-refractivity contribution in [3.8, 4) is 5.75 Å². The molecule has 36 heavy (non-hydrogen) atoms. The highest BCUT2D eigenvalue weighted by molar-refractivity contribution is 5.92. The molecule has 0 fully saturated rings. The molecule has 0 bridgehead atoms. The van der Waals surface area contributed by atoms with E-state index in [-0.39, 0.29) is 18.6 Å². The summed E-state index contributed by atoms with van der Waals surface area (Å²) in [4.78, 5) is 42.1. The van der Waals surface area contributed by atoms with Crippen molar-refractivity contribution in [3.05, 3.63) is 84.4 Å². The molecule has 10 nitrogen and oxygen atoms in total. The molecule has 190 valence electrons. The molecule has 0 saturated carbocycles. The molecule has 3 rings (SSSR count). The molecule has 1 aromatic heterocycles. The third kappa shape index (κ3) is 8.24. The smallest absolute Gasteiger partial charge is 0.243 e. The largest absolute Gasteiger partial charge is 0.508 e. The number of hydrogen-bond acceptors (Lipinski definition) is 6. The molecule has 0 unspecified atom stereocenters. The number of phenols is 1. The van der Waals surface area contributed by atoms with Gasteiger partial charge in [-0.1, -0.05) is 42.5 Å². The van der Waals surface area contributed by atoms with Gasteiger partial charge in [0.05, 0.1) is 12.4 Å². The summed E-state index contributed by atoms with van der Waals surface area (Å²) < 4.78 is 1.87. The summed E-state index contributed by atoms with van der Waals surface area (Å²) in [7, 11) is 0. The van der Waals surface area contributed by atoms with E-state index in [2.05, 4.69) is 15.6 Å². The number of nitrogens with one attached hydrogen (secondary N) is 2. The number of nitrogens with two attached hydrogens (primary N) is 2. The van der Waals surface area contributed by atoms with E-state index in [1.807, 2.05) is 41.1 Å². The van der Waals surface area contributed by atoms with Crippen molar-refractivity contribution >= 4 is 17.7 Å². The normalized spacial score (nSPS) is 13.4. The van der Waals surface area contributed by atoms with Crippen LogP contribution in [-0.4, -0.2) is 50.5 Å². The number of benzene rings is 2. The topological polar surface area (TPSA) is 165 Å². The van der Waals surface area contributed by atoms with Gasteiger partial charge in [0.2, 0.25) is 17.7 Å². The number of primary amides is 1. The maximum Gasteiger partial charge on any atom is 0.243 e. The Morgan fingerprint density at radius 2 is 1.58 bits per heavy atom. The molecule has 0 aliphatic rings. The zero-order valence-electron chi connectivity index (χ0n) is 19.9. The number of aromatic hydroxyl groups is 1. The summed E-state index contributed by atoms with van der Waals surface area (Å²) in [6, 6.07) is 12.9. The van der Waals surface area contributed by atoms with E-state index in [4.69, 9.17) is 11.5 Å². The van der Waals surface area contributed by atoms with Crippen molar-refractivity contribution < 1.29 is 19.5 Å². The summed E-state index contributed by atoms with van der Waals surface area (Å²) in [5.74, 6) is -1.55. The zero-order valence-corrected chi connectivity index (χ0v) is 19.9. The van der Waals surface area contributed by atoms with Crippen LogP contribution >= 0.6 is 0 Å². The summed E-state index contributed by atoms with van der Waals surface area (Å²) in [6.45, 7) is 0.600. The van der Waals surface area contributed by atoms with Crippen molar-refractivity contribution in [1.82, 2.24) is 20.2 Å². The second-order valence-corrected chi connectivity index (χ2v) is 8.63. The molecule has 0 aliphatic carbocycles. The standard InChI is InChI=1S/C26H32N6O4/c27-21(15-19-8-10-20(33)11-9-19)25(35)30-22(7-4-13-32-14-12-29-17-32)26(36)31-23(24(28)34)16-18-5-2-1-3-6-18/h1-3,5-6,8-12,14,17,21-23,33H,4,7,13,15-16,27H2,(H2,28,34)(H,30,35)(H,31,36)/t21-,22+,23-/m0/s1. The Bertz CT molecular complexity index is 1120. The van der Waals surface area contributed by atoms with Crippen LogP contribution in [0.15, 0.2) is 73.3 Å². The lowest BCUT2D eigenvalue weighted by atomic mass is 10.0. The number of nitrogens with zero attached hydrogens (tertiary/aromatic N) is 2. The van der Waals surface area contributed by atoms with Crippen LogP contribution in [0.4, 0.5) is 0 Å². The Labute approximate surface area is 209 Å². The fourth-order valence-electron chi connectivity index (χ4n) is 3.77. The number of carbonyl (C=O) groups is 3. The lowest BCUT2D eigenvalue weighted by molar-refractivity contribution is -0.131. The minimum atomic E-state index is -0.932. The van der Waals surface area contributed by atoms with Crippen LogP contribution in [-0.2, 0) is 33.8 Å². The van der Waals surface area contributed by atoms with Gasteiger partial charge >= 0.3 is 0 Å². The fraction of sp³-hybridized carbons (Fsp3) is 0.308. The van der Waals surface area contributed by atoms with Gasteiger partial charge in [0, 0.05) is 25.4 Å². The number of aryl methyl sites for hydroxylation is 1. The summed E-state index contributed by atoms with van der Waals surface area (Å²) in [5.41, 5.74) is 13.3. The van der Waals surface area contributed by atoms with Gasteiger partial charge in [-0.3, -0.25) is 14.4 Å². The molecule has 2 aromatic carbocycles. The van der Waals surface area contributed by atoms with Crippen LogP contribution < -0.4 is 22.1 Å². The molecule has 3 aromatic rings. The highest BCUT2D eigenvalue weighted by atomic mass is 16.3. The Hall–Kier alpha value is -4.18. The Morgan fingerprint density at radius 1 is 0.917 bits per heavy atom. The fourth-order valence-corrected chi connectivity index (χ4v) is 3.77. The first-order valence-corrected chi connectivity index (χ1v) is 11.7. The Morgan fingerprint density at radius 3 is 2.22 bits per heavy atom. The molecule has 1 heterocycles. The van der Waals surface area contributed by atoms with Gasteiger partial charge in [0.1, 0.15) is 17.8 Å². The number of hydrogen-bond donors (Lipinski definition) is 5. The second kappa shape index (κ2) is 13.1. The first kappa shape index (κ1) is 26.4. The predicted octanol–water partition coefficient (Wildman–Crippen LogP) is 0.637. The maximum absolute atomic E-state index is 13.2. The van der Waals surface area contributed by atoms with Gasteiger partial charge in [-0.15, -0.1) is 0 Å². The van der Waals surface area contributed by atoms with Crippen LogP contribution in [0, 0.1) is 0 Å². The zero-order chi connectivity index (χ0) is 25.9. The molecule has 7 N–H and O–H groups in total. The molecule has 0 aliphatic heterocycles. The minimum absolute atomic E-state index is 0.117. The van der Waals surface area contributed by atoms with E-state index in [1.165, 1.54) is 12.1 Å². The number of carbonyl (C=O) groups excluding carboxylic acids is 3. The van der Waals surface area contributed by atoms with E-state index < -0.39 is 35.8 Å². The lowest BCUT2D eigenvalue weighted by Crippen LogP contribution is -2.56. The maximum atomic E-state index is 13.2. The quantitative estimate of drug-likeness (QED) is 0.235. The number of imidazole rings is 1. The molecule has 3 amide bonds. The van der Waals surface area contributed by atoms with Gasteiger partial charge in [0.25, 0.3) is 0 Å². The molecular weight excluding hydrogens is 460 g/mol. The van der Waals surface area contributed by atoms with Crippen molar-refractivity contribution in [1.29, 1.82) is 0 Å². The number of rotatable bonds is 13. The van der Waals surface area contributed by atoms with E-state index >= 15 is 0 Å². The average Bonchev–Trinajstić information content (AvgIpc) is 3.38. The second-order valence-electron chi connectivity index (χ2n) is 8.63. The van der Waals surface area contributed by atoms with Gasteiger partial charge in [0.15, 0.2) is 0 Å². The van der Waals surface area contributed by atoms with Gasteiger partial charge in [-0.05, 0) is 42.5 Å². The molecule has 10 heteroatoms. The summed E-state index contributed by atoms with van der Waals surface area (Å²) in [5, 5.41) is 14.9.